The molecule has 2 aliphatic heterocycles. The number of carbonyl (C=O) groups is 1. The first-order chi connectivity index (χ1) is 9.72. The molecule has 104 valence electrons. The van der Waals surface area contributed by atoms with Crippen molar-refractivity contribution < 1.29 is 23.1 Å². The highest BCUT2D eigenvalue weighted by atomic mass is 32.1. The predicted molar refractivity (Wildman–Crippen MR) is 66.3 cm³/mol. The second-order valence-corrected chi connectivity index (χ2v) is 5.02. The minimum absolute atomic E-state index is 0.104. The van der Waals surface area contributed by atoms with Crippen LogP contribution in [-0.2, 0) is 14.3 Å². The lowest BCUT2D eigenvalue weighted by Gasteiger charge is -2.25. The maximum Gasteiger partial charge on any atom is 0.287 e. The number of rotatable bonds is 2. The highest BCUT2D eigenvalue weighted by Gasteiger charge is 2.45. The summed E-state index contributed by atoms with van der Waals surface area (Å²) in [5, 5.41) is 4.29. The number of Topliss-reactive ketones (excluding diaryl/α,β-unsaturated/α-hetero) is 1. The molecule has 7 nitrogen and oxygen atoms in total. The van der Waals surface area contributed by atoms with Crippen molar-refractivity contribution in [3.8, 4) is 11.7 Å². The van der Waals surface area contributed by atoms with Crippen molar-refractivity contribution in [2.24, 2.45) is 0 Å². The van der Waals surface area contributed by atoms with Crippen LogP contribution >= 0.6 is 12.2 Å². The molecule has 20 heavy (non-hydrogen) atoms. The quantitative estimate of drug-likeness (QED) is 0.780. The highest BCUT2D eigenvalue weighted by Crippen LogP contribution is 2.33. The Morgan fingerprint density at radius 2 is 2.35 bits per heavy atom. The Balaban J connectivity index is 1.72. The van der Waals surface area contributed by atoms with Crippen molar-refractivity contribution >= 4 is 18.0 Å². The lowest BCUT2D eigenvalue weighted by atomic mass is 10.0. The van der Waals surface area contributed by atoms with Gasteiger partial charge in [0.2, 0.25) is 6.29 Å². The fraction of sp³-hybridized carbons (Fsp3) is 0.417. The number of ether oxygens (including phenoxy) is 2. The summed E-state index contributed by atoms with van der Waals surface area (Å²) in [7, 11) is 0. The topological polar surface area (TPSA) is 79.6 Å². The van der Waals surface area contributed by atoms with E-state index in [2.05, 4.69) is 5.10 Å². The van der Waals surface area contributed by atoms with Crippen LogP contribution in [0.2, 0.25) is 0 Å². The molecule has 0 spiro atoms. The van der Waals surface area contributed by atoms with E-state index in [0.717, 1.165) is 0 Å². The second kappa shape index (κ2) is 4.37. The van der Waals surface area contributed by atoms with Gasteiger partial charge in [0, 0.05) is 6.42 Å². The molecule has 2 aromatic rings. The monoisotopic (exact) mass is 294 g/mol. The molecular formula is C12H10N2O5S. The fourth-order valence-electron chi connectivity index (χ4n) is 2.47. The van der Waals surface area contributed by atoms with E-state index in [0.29, 0.717) is 12.4 Å². The molecule has 2 saturated heterocycles. The smallest absolute Gasteiger partial charge is 0.287 e. The van der Waals surface area contributed by atoms with Crippen LogP contribution < -0.4 is 0 Å². The number of hydrogen-bond acceptors (Lipinski definition) is 7. The molecule has 2 bridgehead atoms. The van der Waals surface area contributed by atoms with E-state index in [4.69, 9.17) is 30.5 Å². The summed E-state index contributed by atoms with van der Waals surface area (Å²) < 4.78 is 22.9. The number of aromatic nitrogens is 2. The van der Waals surface area contributed by atoms with Crippen molar-refractivity contribution in [3.63, 3.8) is 0 Å². The molecule has 0 aromatic carbocycles. The number of furan rings is 1. The molecule has 2 fully saturated rings. The second-order valence-electron chi connectivity index (χ2n) is 4.67. The molecule has 3 atom stereocenters. The summed E-state index contributed by atoms with van der Waals surface area (Å²) in [6.45, 7) is 0.353. The van der Waals surface area contributed by atoms with E-state index in [9.17, 15) is 4.79 Å². The van der Waals surface area contributed by atoms with Gasteiger partial charge in [-0.05, 0) is 24.4 Å². The molecule has 4 rings (SSSR count). The van der Waals surface area contributed by atoms with Crippen LogP contribution in [-0.4, -0.2) is 34.6 Å². The van der Waals surface area contributed by atoms with Gasteiger partial charge in [-0.2, -0.15) is 0 Å². The number of hydrogen-bond donors (Lipinski definition) is 0. The van der Waals surface area contributed by atoms with Crippen molar-refractivity contribution in [1.82, 2.24) is 9.78 Å². The van der Waals surface area contributed by atoms with Crippen molar-refractivity contribution in [3.05, 3.63) is 23.2 Å². The molecule has 0 unspecified atom stereocenters. The van der Waals surface area contributed by atoms with Crippen LogP contribution in [0.1, 0.15) is 12.5 Å². The van der Waals surface area contributed by atoms with Gasteiger partial charge in [-0.25, -0.2) is 4.68 Å². The van der Waals surface area contributed by atoms with Gasteiger partial charge in [0.1, 0.15) is 6.10 Å². The first-order valence-corrected chi connectivity index (χ1v) is 6.56. The number of ketones is 1. The Morgan fingerprint density at radius 3 is 3.15 bits per heavy atom. The Morgan fingerprint density at radius 1 is 1.45 bits per heavy atom. The minimum Gasteiger partial charge on any atom is -0.459 e. The zero-order valence-electron chi connectivity index (χ0n) is 10.2. The Hall–Kier alpha value is -1.77. The summed E-state index contributed by atoms with van der Waals surface area (Å²) in [6, 6.07) is 3.15. The predicted octanol–water partition coefficient (Wildman–Crippen LogP) is 1.72. The average molecular weight is 294 g/mol. The third-order valence-electron chi connectivity index (χ3n) is 3.43. The van der Waals surface area contributed by atoms with Crippen LogP contribution in [0.15, 0.2) is 27.2 Å². The Bertz CT molecular complexity index is 704. The van der Waals surface area contributed by atoms with Crippen LogP contribution in [0.25, 0.3) is 11.7 Å². The van der Waals surface area contributed by atoms with Gasteiger partial charge in [-0.15, -0.1) is 5.10 Å². The third-order valence-corrected chi connectivity index (χ3v) is 3.70. The number of carbonyl (C=O) groups excluding carboxylic acids is 1. The normalized spacial score (nSPS) is 29.0. The molecule has 2 aromatic heterocycles. The summed E-state index contributed by atoms with van der Waals surface area (Å²) in [5.41, 5.74) is 0. The Kier molecular flexibility index (Phi) is 2.62. The standard InChI is InChI=1S/C12H10N2O5S/c15-7-4-6(9-5-17-11(7)18-9)14-12(20)19-10(13-14)8-2-1-3-16-8/h1-3,6,9,11H,4-5H2/t6-,9-,11-/m0/s1. The van der Waals surface area contributed by atoms with E-state index >= 15 is 0 Å². The molecule has 0 N–H and O–H groups in total. The molecule has 0 saturated carbocycles. The van der Waals surface area contributed by atoms with Gasteiger partial charge in [0.25, 0.3) is 10.7 Å². The van der Waals surface area contributed by atoms with E-state index < -0.39 is 6.29 Å². The SMILES string of the molecule is O=C1C[C@H](n2nc(-c3ccco3)oc2=S)[C@@H]2CO[C@H]1O2. The molecular weight excluding hydrogens is 284 g/mol. The van der Waals surface area contributed by atoms with E-state index in [-0.39, 0.29) is 35.1 Å². The molecule has 4 heterocycles. The van der Waals surface area contributed by atoms with Crippen LogP contribution in [0.4, 0.5) is 0 Å². The first kappa shape index (κ1) is 12.0. The van der Waals surface area contributed by atoms with Gasteiger partial charge in [0.05, 0.1) is 18.9 Å². The maximum absolute atomic E-state index is 11.8. The van der Waals surface area contributed by atoms with E-state index in [1.54, 1.807) is 12.1 Å². The summed E-state index contributed by atoms with van der Waals surface area (Å²) in [5.74, 6) is 0.667. The molecule has 0 aliphatic carbocycles. The van der Waals surface area contributed by atoms with Gasteiger partial charge in [0.15, 0.2) is 11.5 Å². The summed E-state index contributed by atoms with van der Waals surface area (Å²) in [6.07, 6.45) is 0.824. The first-order valence-electron chi connectivity index (χ1n) is 6.15. The zero-order chi connectivity index (χ0) is 13.7. The molecule has 0 amide bonds. The minimum atomic E-state index is -0.734. The van der Waals surface area contributed by atoms with Crippen LogP contribution in [0, 0.1) is 4.84 Å². The highest BCUT2D eigenvalue weighted by molar-refractivity contribution is 7.71. The number of nitrogens with zero attached hydrogens (tertiary/aromatic N) is 2. The Labute approximate surface area is 118 Å². The molecule has 0 radical (unpaired) electrons. The third kappa shape index (κ3) is 1.76. The summed E-state index contributed by atoms with van der Waals surface area (Å²) >= 11 is 5.17. The average Bonchev–Trinajstić information content (AvgIpc) is 3.15. The fourth-order valence-corrected chi connectivity index (χ4v) is 2.72. The van der Waals surface area contributed by atoms with Crippen molar-refractivity contribution in [2.75, 3.05) is 6.61 Å². The zero-order valence-corrected chi connectivity index (χ0v) is 11.0. The van der Waals surface area contributed by atoms with Gasteiger partial charge < -0.3 is 18.3 Å². The van der Waals surface area contributed by atoms with Crippen molar-refractivity contribution in [2.45, 2.75) is 24.9 Å². The van der Waals surface area contributed by atoms with E-state index in [1.165, 1.54) is 10.9 Å². The summed E-state index contributed by atoms with van der Waals surface area (Å²) in [4.78, 5) is 12.0. The van der Waals surface area contributed by atoms with Gasteiger partial charge in [-0.3, -0.25) is 4.79 Å². The number of fused-ring (bicyclic) bond motifs is 2. The lowest BCUT2D eigenvalue weighted by Crippen LogP contribution is -2.37. The largest absolute Gasteiger partial charge is 0.459 e. The lowest BCUT2D eigenvalue weighted by molar-refractivity contribution is -0.156. The van der Waals surface area contributed by atoms with E-state index in [1.807, 2.05) is 0 Å². The molecule has 8 heteroatoms. The van der Waals surface area contributed by atoms with Gasteiger partial charge in [-0.1, -0.05) is 0 Å². The van der Waals surface area contributed by atoms with Crippen LogP contribution in [0.5, 0.6) is 0 Å². The van der Waals surface area contributed by atoms with Gasteiger partial charge >= 0.3 is 0 Å². The van der Waals surface area contributed by atoms with Crippen molar-refractivity contribution in [1.29, 1.82) is 0 Å². The molecule has 2 aliphatic rings. The van der Waals surface area contributed by atoms with Crippen LogP contribution in [0.3, 0.4) is 0 Å². The maximum atomic E-state index is 11.8.